The smallest absolute Gasteiger partial charge is 0.161 e. The summed E-state index contributed by atoms with van der Waals surface area (Å²) in [5, 5.41) is 13.5. The van der Waals surface area contributed by atoms with Gasteiger partial charge in [-0.25, -0.2) is 9.97 Å². The largest absolute Gasteiger partial charge is 0.497 e. The van der Waals surface area contributed by atoms with E-state index in [4.69, 9.17) is 4.74 Å². The van der Waals surface area contributed by atoms with Gasteiger partial charge in [0, 0.05) is 24.8 Å². The molecule has 1 aliphatic rings. The van der Waals surface area contributed by atoms with Crippen LogP contribution in [-0.4, -0.2) is 22.2 Å². The summed E-state index contributed by atoms with van der Waals surface area (Å²) in [5.74, 6) is 1.13. The van der Waals surface area contributed by atoms with Gasteiger partial charge in [0.15, 0.2) is 5.82 Å². The lowest BCUT2D eigenvalue weighted by molar-refractivity contribution is 0.209. The second-order valence-electron chi connectivity index (χ2n) is 4.48. The number of hydrogen-bond acceptors (Lipinski definition) is 5. The van der Waals surface area contributed by atoms with Crippen LogP contribution in [0.2, 0.25) is 0 Å². The van der Waals surface area contributed by atoms with E-state index in [9.17, 15) is 5.11 Å². The zero-order valence-electron chi connectivity index (χ0n) is 10.6. The maximum Gasteiger partial charge on any atom is 0.161 e. The van der Waals surface area contributed by atoms with Crippen LogP contribution in [0.4, 0.5) is 0 Å². The summed E-state index contributed by atoms with van der Waals surface area (Å²) in [5.41, 5.74) is 2.79. The standard InChI is InChI=1S/C14H15N3O2/c1-19-11-4-2-3-9(5-11)13(18)14-16-7-10-6-15-8-12(10)17-14/h2-5,7,13,15,18H,6,8H2,1H3. The maximum absolute atomic E-state index is 10.3. The third kappa shape index (κ3) is 2.30. The molecule has 5 heteroatoms. The van der Waals surface area contributed by atoms with Crippen LogP contribution in [0.1, 0.15) is 28.7 Å². The van der Waals surface area contributed by atoms with Crippen LogP contribution in [0.3, 0.4) is 0 Å². The van der Waals surface area contributed by atoms with E-state index in [2.05, 4.69) is 15.3 Å². The predicted molar refractivity (Wildman–Crippen MR) is 69.6 cm³/mol. The molecule has 0 fully saturated rings. The van der Waals surface area contributed by atoms with Crippen LogP contribution in [0.5, 0.6) is 5.75 Å². The Morgan fingerprint density at radius 1 is 1.37 bits per heavy atom. The number of ether oxygens (including phenoxy) is 1. The van der Waals surface area contributed by atoms with E-state index in [-0.39, 0.29) is 0 Å². The first-order chi connectivity index (χ1) is 9.28. The zero-order valence-corrected chi connectivity index (χ0v) is 10.6. The Balaban J connectivity index is 1.92. The van der Waals surface area contributed by atoms with Crippen molar-refractivity contribution >= 4 is 0 Å². The molecule has 0 saturated carbocycles. The number of nitrogens with zero attached hydrogens (tertiary/aromatic N) is 2. The Morgan fingerprint density at radius 2 is 2.26 bits per heavy atom. The highest BCUT2D eigenvalue weighted by Gasteiger charge is 2.18. The highest BCUT2D eigenvalue weighted by atomic mass is 16.5. The van der Waals surface area contributed by atoms with Crippen molar-refractivity contribution in [1.82, 2.24) is 15.3 Å². The van der Waals surface area contributed by atoms with Crippen LogP contribution in [-0.2, 0) is 13.1 Å². The molecule has 0 aliphatic carbocycles. The Hall–Kier alpha value is -1.98. The van der Waals surface area contributed by atoms with Gasteiger partial charge in [-0.2, -0.15) is 0 Å². The molecule has 2 N–H and O–H groups in total. The molecule has 1 atom stereocenters. The monoisotopic (exact) mass is 257 g/mol. The summed E-state index contributed by atoms with van der Waals surface area (Å²) in [4.78, 5) is 8.66. The second kappa shape index (κ2) is 4.95. The van der Waals surface area contributed by atoms with Gasteiger partial charge < -0.3 is 15.2 Å². The van der Waals surface area contributed by atoms with E-state index >= 15 is 0 Å². The van der Waals surface area contributed by atoms with Gasteiger partial charge in [-0.05, 0) is 17.7 Å². The first-order valence-electron chi connectivity index (χ1n) is 6.15. The lowest BCUT2D eigenvalue weighted by Gasteiger charge is -2.11. The highest BCUT2D eigenvalue weighted by molar-refractivity contribution is 5.33. The number of hydrogen-bond donors (Lipinski definition) is 2. The Morgan fingerprint density at radius 3 is 3.11 bits per heavy atom. The molecule has 0 amide bonds. The van der Waals surface area contributed by atoms with Crippen molar-refractivity contribution in [2.45, 2.75) is 19.2 Å². The van der Waals surface area contributed by atoms with E-state index in [1.807, 2.05) is 18.2 Å². The molecule has 1 unspecified atom stereocenters. The van der Waals surface area contributed by atoms with Crippen LogP contribution >= 0.6 is 0 Å². The number of rotatable bonds is 3. The SMILES string of the molecule is COc1cccc(C(O)c2ncc3c(n2)CNC3)c1. The molecule has 0 bridgehead atoms. The van der Waals surface area contributed by atoms with Crippen molar-refractivity contribution in [2.75, 3.05) is 7.11 Å². The van der Waals surface area contributed by atoms with Gasteiger partial charge in [0.05, 0.1) is 12.8 Å². The molecular weight excluding hydrogens is 242 g/mol. The zero-order chi connectivity index (χ0) is 13.2. The number of aromatic nitrogens is 2. The molecule has 2 aromatic rings. The maximum atomic E-state index is 10.3. The van der Waals surface area contributed by atoms with Crippen LogP contribution in [0, 0.1) is 0 Å². The summed E-state index contributed by atoms with van der Waals surface area (Å²) in [6.45, 7) is 1.53. The Kier molecular flexibility index (Phi) is 3.15. The fraction of sp³-hybridized carbons (Fsp3) is 0.286. The molecule has 1 aromatic carbocycles. The predicted octanol–water partition coefficient (Wildman–Crippen LogP) is 1.17. The van der Waals surface area contributed by atoms with E-state index in [1.165, 1.54) is 0 Å². The fourth-order valence-electron chi connectivity index (χ4n) is 2.17. The topological polar surface area (TPSA) is 67.3 Å². The summed E-state index contributed by atoms with van der Waals surface area (Å²) in [6.07, 6.45) is 0.946. The van der Waals surface area contributed by atoms with Crippen molar-refractivity contribution in [1.29, 1.82) is 0 Å². The molecular formula is C14H15N3O2. The lowest BCUT2D eigenvalue weighted by atomic mass is 10.1. The summed E-state index contributed by atoms with van der Waals surface area (Å²) in [7, 11) is 1.60. The van der Waals surface area contributed by atoms with Gasteiger partial charge in [0.1, 0.15) is 11.9 Å². The van der Waals surface area contributed by atoms with E-state index in [1.54, 1.807) is 19.4 Å². The second-order valence-corrected chi connectivity index (χ2v) is 4.48. The fourth-order valence-corrected chi connectivity index (χ4v) is 2.17. The van der Waals surface area contributed by atoms with Crippen molar-refractivity contribution in [3.8, 4) is 5.75 Å². The Bertz CT molecular complexity index is 601. The number of nitrogens with one attached hydrogen (secondary N) is 1. The number of aliphatic hydroxyl groups excluding tert-OH is 1. The van der Waals surface area contributed by atoms with Gasteiger partial charge in [-0.15, -0.1) is 0 Å². The molecule has 0 radical (unpaired) electrons. The third-order valence-electron chi connectivity index (χ3n) is 3.23. The average molecular weight is 257 g/mol. The molecule has 1 aliphatic heterocycles. The molecule has 2 heterocycles. The van der Waals surface area contributed by atoms with Crippen LogP contribution < -0.4 is 10.1 Å². The average Bonchev–Trinajstić information content (AvgIpc) is 2.94. The Labute approximate surface area is 111 Å². The summed E-state index contributed by atoms with van der Waals surface area (Å²) >= 11 is 0. The van der Waals surface area contributed by atoms with E-state index in [0.717, 1.165) is 29.9 Å². The van der Waals surface area contributed by atoms with E-state index < -0.39 is 6.10 Å². The van der Waals surface area contributed by atoms with Gasteiger partial charge in [-0.3, -0.25) is 0 Å². The van der Waals surface area contributed by atoms with Crippen molar-refractivity contribution < 1.29 is 9.84 Å². The van der Waals surface area contributed by atoms with Crippen molar-refractivity contribution in [3.05, 3.63) is 53.1 Å². The molecule has 0 spiro atoms. The molecule has 3 rings (SSSR count). The number of aliphatic hydroxyl groups is 1. The molecule has 19 heavy (non-hydrogen) atoms. The van der Waals surface area contributed by atoms with Gasteiger partial charge >= 0.3 is 0 Å². The first-order valence-corrected chi connectivity index (χ1v) is 6.15. The molecule has 0 saturated heterocycles. The van der Waals surface area contributed by atoms with Crippen LogP contribution in [0.25, 0.3) is 0 Å². The number of fused-ring (bicyclic) bond motifs is 1. The minimum atomic E-state index is -0.832. The van der Waals surface area contributed by atoms with Crippen LogP contribution in [0.15, 0.2) is 30.5 Å². The summed E-state index contributed by atoms with van der Waals surface area (Å²) in [6, 6.07) is 7.30. The van der Waals surface area contributed by atoms with Gasteiger partial charge in [0.2, 0.25) is 0 Å². The quantitative estimate of drug-likeness (QED) is 0.864. The van der Waals surface area contributed by atoms with Crippen molar-refractivity contribution in [2.24, 2.45) is 0 Å². The molecule has 98 valence electrons. The van der Waals surface area contributed by atoms with Crippen molar-refractivity contribution in [3.63, 3.8) is 0 Å². The normalized spacial score (nSPS) is 15.1. The minimum absolute atomic E-state index is 0.427. The first kappa shape index (κ1) is 12.1. The third-order valence-corrected chi connectivity index (χ3v) is 3.23. The number of benzene rings is 1. The van der Waals surface area contributed by atoms with E-state index in [0.29, 0.717) is 11.6 Å². The molecule has 5 nitrogen and oxygen atoms in total. The summed E-state index contributed by atoms with van der Waals surface area (Å²) < 4.78 is 5.15. The molecule has 1 aromatic heterocycles. The van der Waals surface area contributed by atoms with Gasteiger partial charge in [0.25, 0.3) is 0 Å². The van der Waals surface area contributed by atoms with Gasteiger partial charge in [-0.1, -0.05) is 12.1 Å². The highest BCUT2D eigenvalue weighted by Crippen LogP contribution is 2.24. The lowest BCUT2D eigenvalue weighted by Crippen LogP contribution is -2.07. The minimum Gasteiger partial charge on any atom is -0.497 e. The number of methoxy groups -OCH3 is 1.